The van der Waals surface area contributed by atoms with Gasteiger partial charge in [0.1, 0.15) is 11.8 Å². The zero-order valence-corrected chi connectivity index (χ0v) is 17.0. The summed E-state index contributed by atoms with van der Waals surface area (Å²) in [6.45, 7) is 1.68. The lowest BCUT2D eigenvalue weighted by molar-refractivity contribution is 0.0618. The van der Waals surface area contributed by atoms with Crippen molar-refractivity contribution in [3.63, 3.8) is 0 Å². The number of nitrogens with zero attached hydrogens (tertiary/aromatic N) is 3. The summed E-state index contributed by atoms with van der Waals surface area (Å²) >= 11 is 6.37. The molecule has 0 aromatic carbocycles. The fraction of sp³-hybridized carbons (Fsp3) is 0.450. The van der Waals surface area contributed by atoms with Gasteiger partial charge in [0.05, 0.1) is 22.3 Å². The SMILES string of the molecule is COC(c1ncc(C#CC2CC2)cc1Cl)C(C)NC(=O)c1cn(C)nc1C(F)F. The zero-order valence-electron chi connectivity index (χ0n) is 16.2. The van der Waals surface area contributed by atoms with E-state index < -0.39 is 30.2 Å². The number of aromatic nitrogens is 3. The third-order valence-corrected chi connectivity index (χ3v) is 4.82. The van der Waals surface area contributed by atoms with Crippen molar-refractivity contribution in [1.82, 2.24) is 20.1 Å². The number of methoxy groups -OCH3 is 1. The van der Waals surface area contributed by atoms with Crippen molar-refractivity contribution in [2.45, 2.75) is 38.3 Å². The van der Waals surface area contributed by atoms with Gasteiger partial charge in [0, 0.05) is 38.0 Å². The van der Waals surface area contributed by atoms with Gasteiger partial charge in [-0.1, -0.05) is 23.4 Å². The lowest BCUT2D eigenvalue weighted by atomic mass is 10.1. The lowest BCUT2D eigenvalue weighted by Gasteiger charge is -2.24. The maximum absolute atomic E-state index is 13.1. The number of ether oxygens (including phenoxy) is 1. The fourth-order valence-corrected chi connectivity index (χ4v) is 3.17. The first-order chi connectivity index (χ1) is 13.8. The maximum atomic E-state index is 13.1. The first kappa shape index (κ1) is 21.2. The fourth-order valence-electron chi connectivity index (χ4n) is 2.89. The van der Waals surface area contributed by atoms with Crippen LogP contribution in [0.25, 0.3) is 0 Å². The molecule has 0 aliphatic heterocycles. The van der Waals surface area contributed by atoms with Crippen molar-refractivity contribution in [2.75, 3.05) is 7.11 Å². The van der Waals surface area contributed by atoms with Crippen LogP contribution in [-0.4, -0.2) is 33.8 Å². The number of halogens is 3. The Hall–Kier alpha value is -2.50. The number of rotatable bonds is 6. The molecule has 1 aliphatic carbocycles. The number of amides is 1. The van der Waals surface area contributed by atoms with Crippen LogP contribution in [0, 0.1) is 17.8 Å². The van der Waals surface area contributed by atoms with Gasteiger partial charge in [-0.25, -0.2) is 8.78 Å². The Bertz CT molecular complexity index is 963. The first-order valence-corrected chi connectivity index (χ1v) is 9.50. The number of hydrogen-bond donors (Lipinski definition) is 1. The maximum Gasteiger partial charge on any atom is 0.282 e. The smallest absolute Gasteiger partial charge is 0.282 e. The van der Waals surface area contributed by atoms with Crippen LogP contribution in [0.1, 0.15) is 59.6 Å². The summed E-state index contributed by atoms with van der Waals surface area (Å²) < 4.78 is 32.9. The summed E-state index contributed by atoms with van der Waals surface area (Å²) in [5, 5.41) is 6.67. The van der Waals surface area contributed by atoms with E-state index in [-0.39, 0.29) is 5.56 Å². The Balaban J connectivity index is 1.76. The summed E-state index contributed by atoms with van der Waals surface area (Å²) in [5.41, 5.74) is 0.378. The second-order valence-electron chi connectivity index (χ2n) is 6.96. The highest BCUT2D eigenvalue weighted by Crippen LogP contribution is 2.29. The second-order valence-corrected chi connectivity index (χ2v) is 7.36. The van der Waals surface area contributed by atoms with Crippen LogP contribution >= 0.6 is 11.6 Å². The van der Waals surface area contributed by atoms with Gasteiger partial charge in [0.2, 0.25) is 0 Å². The van der Waals surface area contributed by atoms with E-state index in [4.69, 9.17) is 16.3 Å². The molecule has 2 unspecified atom stereocenters. The summed E-state index contributed by atoms with van der Waals surface area (Å²) in [6.07, 6.45) is 1.57. The number of aryl methyl sites for hydroxylation is 1. The van der Waals surface area contributed by atoms with E-state index >= 15 is 0 Å². The molecule has 2 heterocycles. The summed E-state index contributed by atoms with van der Waals surface area (Å²) in [7, 11) is 2.93. The molecule has 2 aromatic heterocycles. The third kappa shape index (κ3) is 5.11. The van der Waals surface area contributed by atoms with Crippen molar-refractivity contribution in [1.29, 1.82) is 0 Å². The van der Waals surface area contributed by atoms with E-state index in [2.05, 4.69) is 27.2 Å². The molecule has 0 radical (unpaired) electrons. The molecule has 29 heavy (non-hydrogen) atoms. The van der Waals surface area contributed by atoms with Crippen LogP contribution in [0.5, 0.6) is 0 Å². The molecule has 154 valence electrons. The normalized spacial score (nSPS) is 15.6. The van der Waals surface area contributed by atoms with Gasteiger partial charge in [0.25, 0.3) is 12.3 Å². The Morgan fingerprint density at radius 3 is 2.72 bits per heavy atom. The molecule has 1 saturated carbocycles. The number of pyridine rings is 1. The predicted octanol–water partition coefficient (Wildman–Crippen LogP) is 3.67. The van der Waals surface area contributed by atoms with Gasteiger partial charge in [-0.05, 0) is 25.8 Å². The van der Waals surface area contributed by atoms with Crippen LogP contribution in [0.3, 0.4) is 0 Å². The van der Waals surface area contributed by atoms with Crippen molar-refractivity contribution in [2.24, 2.45) is 13.0 Å². The first-order valence-electron chi connectivity index (χ1n) is 9.12. The van der Waals surface area contributed by atoms with E-state index in [1.54, 1.807) is 19.2 Å². The highest BCUT2D eigenvalue weighted by molar-refractivity contribution is 6.31. The van der Waals surface area contributed by atoms with Crippen LogP contribution in [0.15, 0.2) is 18.5 Å². The van der Waals surface area contributed by atoms with Gasteiger partial charge < -0.3 is 10.1 Å². The summed E-state index contributed by atoms with van der Waals surface area (Å²) in [5.74, 6) is 5.97. The summed E-state index contributed by atoms with van der Waals surface area (Å²) in [4.78, 5) is 16.9. The lowest BCUT2D eigenvalue weighted by Crippen LogP contribution is -2.38. The number of alkyl halides is 2. The molecule has 1 amide bonds. The van der Waals surface area contributed by atoms with Gasteiger partial charge in [-0.2, -0.15) is 5.10 Å². The molecule has 1 aliphatic rings. The van der Waals surface area contributed by atoms with Gasteiger partial charge in [-0.15, -0.1) is 0 Å². The molecule has 6 nitrogen and oxygen atoms in total. The monoisotopic (exact) mass is 422 g/mol. The molecule has 3 rings (SSSR count). The van der Waals surface area contributed by atoms with E-state index in [0.29, 0.717) is 22.2 Å². The minimum atomic E-state index is -2.86. The van der Waals surface area contributed by atoms with Crippen LogP contribution in [-0.2, 0) is 11.8 Å². The molecule has 2 atom stereocenters. The topological polar surface area (TPSA) is 69.0 Å². The largest absolute Gasteiger partial charge is 0.373 e. The van der Waals surface area contributed by atoms with Crippen LogP contribution < -0.4 is 5.32 Å². The molecule has 9 heteroatoms. The van der Waals surface area contributed by atoms with Crippen molar-refractivity contribution >= 4 is 17.5 Å². The number of carbonyl (C=O) groups excluding carboxylic acids is 1. The number of nitrogens with one attached hydrogen (secondary N) is 1. The quantitative estimate of drug-likeness (QED) is 0.721. The molecular formula is C20H21ClF2N4O2. The Labute approximate surface area is 172 Å². The molecule has 0 bridgehead atoms. The van der Waals surface area contributed by atoms with E-state index in [9.17, 15) is 13.6 Å². The van der Waals surface area contributed by atoms with Crippen molar-refractivity contribution < 1.29 is 18.3 Å². The van der Waals surface area contributed by atoms with Crippen LogP contribution in [0.2, 0.25) is 5.02 Å². The Morgan fingerprint density at radius 1 is 1.41 bits per heavy atom. The summed E-state index contributed by atoms with van der Waals surface area (Å²) in [6, 6.07) is 1.11. The number of hydrogen-bond acceptors (Lipinski definition) is 4. The predicted molar refractivity (Wildman–Crippen MR) is 104 cm³/mol. The average molecular weight is 423 g/mol. The van der Waals surface area contributed by atoms with Gasteiger partial charge in [-0.3, -0.25) is 14.5 Å². The minimum absolute atomic E-state index is 0.186. The van der Waals surface area contributed by atoms with Gasteiger partial charge >= 0.3 is 0 Å². The molecule has 1 fully saturated rings. The van der Waals surface area contributed by atoms with Crippen LogP contribution in [0.4, 0.5) is 8.78 Å². The molecular weight excluding hydrogens is 402 g/mol. The Kier molecular flexibility index (Phi) is 6.50. The average Bonchev–Trinajstić information content (AvgIpc) is 3.41. The molecule has 0 spiro atoms. The van der Waals surface area contributed by atoms with E-state index in [1.165, 1.54) is 25.0 Å². The molecule has 2 aromatic rings. The Morgan fingerprint density at radius 2 is 2.14 bits per heavy atom. The molecule has 0 saturated heterocycles. The highest BCUT2D eigenvalue weighted by atomic mass is 35.5. The minimum Gasteiger partial charge on any atom is -0.373 e. The van der Waals surface area contributed by atoms with Crippen molar-refractivity contribution in [3.8, 4) is 11.8 Å². The van der Waals surface area contributed by atoms with Crippen molar-refractivity contribution in [3.05, 3.63) is 46.0 Å². The molecule has 1 N–H and O–H groups in total. The standard InChI is InChI=1S/C20H21ClF2N4O2/c1-11(25-20(28)14-10-27(2)26-16(14)19(22)23)18(29-3)17-15(21)8-13(9-24-17)7-6-12-4-5-12/h8-12,18-19H,4-5H2,1-3H3,(H,25,28). The van der Waals surface area contributed by atoms with Gasteiger partial charge in [0.15, 0.2) is 0 Å². The highest BCUT2D eigenvalue weighted by Gasteiger charge is 2.28. The second kappa shape index (κ2) is 8.89. The van der Waals surface area contributed by atoms with E-state index in [0.717, 1.165) is 12.8 Å². The van der Waals surface area contributed by atoms with E-state index in [1.807, 2.05) is 0 Å². The number of carbonyl (C=O) groups is 1. The third-order valence-electron chi connectivity index (χ3n) is 4.51. The zero-order chi connectivity index (χ0) is 21.1.